The molecule has 12 heteroatoms. The van der Waals surface area contributed by atoms with Gasteiger partial charge in [0.05, 0.1) is 22.4 Å². The first kappa shape index (κ1) is 22.9. The summed E-state index contributed by atoms with van der Waals surface area (Å²) in [7, 11) is -6.25. The predicted molar refractivity (Wildman–Crippen MR) is 123 cm³/mol. The molecule has 32 heavy (non-hydrogen) atoms. The SMILES string of the molecule is Nc1ccc(S(=O)(=O)Nc2cc3c(cc2O)CO[B]3)c(CNS(=O)(=O)C2CCCCC2)c1. The molecule has 0 aromatic heterocycles. The van der Waals surface area contributed by atoms with E-state index < -0.39 is 25.3 Å². The number of phenols is 1. The monoisotopic (exact) mass is 478 g/mol. The lowest BCUT2D eigenvalue weighted by Gasteiger charge is -2.22. The van der Waals surface area contributed by atoms with Gasteiger partial charge in [-0.05, 0) is 59.8 Å². The molecule has 1 aliphatic heterocycles. The quantitative estimate of drug-likeness (QED) is 0.266. The van der Waals surface area contributed by atoms with Crippen LogP contribution >= 0.6 is 0 Å². The van der Waals surface area contributed by atoms with Gasteiger partial charge >= 0.3 is 7.48 Å². The largest absolute Gasteiger partial charge is 0.506 e. The summed E-state index contributed by atoms with van der Waals surface area (Å²) in [6, 6.07) is 7.11. The number of fused-ring (bicyclic) bond motifs is 1. The second kappa shape index (κ2) is 8.93. The standard InChI is InChI=1S/C20H25BN3O6S2/c22-15-6-7-20(13(8-15)11-23-31(26,27)16-4-2-1-3-5-16)32(28,29)24-18-10-17-14(9-19(18)25)12-30-21-17/h6-10,16,23-25H,1-5,11-12,22H2. The Labute approximate surface area is 188 Å². The molecular formula is C20H25BN3O6S2. The van der Waals surface area contributed by atoms with Crippen molar-refractivity contribution in [3.63, 3.8) is 0 Å². The number of hydrogen-bond donors (Lipinski definition) is 4. The van der Waals surface area contributed by atoms with Crippen LogP contribution < -0.4 is 20.6 Å². The van der Waals surface area contributed by atoms with Crippen LogP contribution in [-0.4, -0.2) is 34.7 Å². The van der Waals surface area contributed by atoms with E-state index in [9.17, 15) is 21.9 Å². The van der Waals surface area contributed by atoms with Crippen LogP contribution in [0.25, 0.3) is 0 Å². The van der Waals surface area contributed by atoms with Crippen molar-refractivity contribution < 1.29 is 26.6 Å². The fraction of sp³-hybridized carbons (Fsp3) is 0.400. The first-order chi connectivity index (χ1) is 15.2. The lowest BCUT2D eigenvalue weighted by Crippen LogP contribution is -2.35. The van der Waals surface area contributed by atoms with Crippen molar-refractivity contribution in [1.29, 1.82) is 0 Å². The second-order valence-corrected chi connectivity index (χ2v) is 11.8. The fourth-order valence-corrected chi connectivity index (χ4v) is 6.89. The van der Waals surface area contributed by atoms with Crippen molar-refractivity contribution in [1.82, 2.24) is 4.72 Å². The number of benzene rings is 2. The summed E-state index contributed by atoms with van der Waals surface area (Å²) in [4.78, 5) is -0.127. The van der Waals surface area contributed by atoms with Gasteiger partial charge in [0.15, 0.2) is 0 Å². The lowest BCUT2D eigenvalue weighted by molar-refractivity contribution is 0.344. The van der Waals surface area contributed by atoms with Gasteiger partial charge in [-0.1, -0.05) is 19.3 Å². The van der Waals surface area contributed by atoms with Crippen molar-refractivity contribution in [2.45, 2.75) is 55.4 Å². The summed E-state index contributed by atoms with van der Waals surface area (Å²) in [6.07, 6.45) is 3.93. The molecule has 1 saturated carbocycles. The molecule has 1 radical (unpaired) electrons. The molecule has 1 fully saturated rings. The van der Waals surface area contributed by atoms with Crippen molar-refractivity contribution in [3.8, 4) is 5.75 Å². The van der Waals surface area contributed by atoms with Gasteiger partial charge in [0.2, 0.25) is 10.0 Å². The summed E-state index contributed by atoms with van der Waals surface area (Å²) in [6.45, 7) is 0.0943. The Morgan fingerprint density at radius 1 is 1.09 bits per heavy atom. The molecule has 0 atom stereocenters. The predicted octanol–water partition coefficient (Wildman–Crippen LogP) is 1.30. The molecule has 171 valence electrons. The lowest BCUT2D eigenvalue weighted by atomic mass is 9.87. The summed E-state index contributed by atoms with van der Waals surface area (Å²) in [5.41, 5.74) is 7.77. The molecule has 1 heterocycles. The Bertz CT molecular complexity index is 1230. The highest BCUT2D eigenvalue weighted by Crippen LogP contribution is 2.29. The molecule has 1 aliphatic carbocycles. The normalized spacial score (nSPS) is 17.0. The third-order valence-electron chi connectivity index (χ3n) is 5.78. The van der Waals surface area contributed by atoms with Gasteiger partial charge in [-0.25, -0.2) is 21.6 Å². The fourth-order valence-electron chi connectivity index (χ4n) is 4.06. The molecule has 0 amide bonds. The zero-order chi connectivity index (χ0) is 22.9. The minimum Gasteiger partial charge on any atom is -0.506 e. The highest BCUT2D eigenvalue weighted by molar-refractivity contribution is 7.92. The number of hydrogen-bond acceptors (Lipinski definition) is 7. The highest BCUT2D eigenvalue weighted by Gasteiger charge is 2.28. The average Bonchev–Trinajstić information content (AvgIpc) is 3.20. The Hall–Kier alpha value is -2.28. The van der Waals surface area contributed by atoms with Gasteiger partial charge < -0.3 is 15.5 Å². The molecule has 9 nitrogen and oxygen atoms in total. The van der Waals surface area contributed by atoms with Gasteiger partial charge in [0, 0.05) is 12.2 Å². The molecule has 5 N–H and O–H groups in total. The summed E-state index contributed by atoms with van der Waals surface area (Å²) in [5.74, 6) is -0.235. The minimum absolute atomic E-state index is 0.00365. The minimum atomic E-state index is -4.15. The van der Waals surface area contributed by atoms with Crippen molar-refractivity contribution in [3.05, 3.63) is 41.5 Å². The molecular weight excluding hydrogens is 453 g/mol. The maximum atomic E-state index is 13.1. The first-order valence-corrected chi connectivity index (χ1v) is 13.4. The molecule has 2 aromatic rings. The average molecular weight is 478 g/mol. The van der Waals surface area contributed by atoms with Crippen LogP contribution in [0.3, 0.4) is 0 Å². The smallest absolute Gasteiger partial charge is 0.330 e. The maximum absolute atomic E-state index is 13.1. The van der Waals surface area contributed by atoms with E-state index in [1.165, 1.54) is 37.8 Å². The van der Waals surface area contributed by atoms with E-state index in [4.69, 9.17) is 10.4 Å². The molecule has 4 rings (SSSR count). The van der Waals surface area contributed by atoms with Crippen LogP contribution in [0, 0.1) is 0 Å². The van der Waals surface area contributed by atoms with Crippen molar-refractivity contribution >= 4 is 44.4 Å². The topological polar surface area (TPSA) is 148 Å². The number of rotatable bonds is 7. The molecule has 2 aromatic carbocycles. The number of anilines is 2. The van der Waals surface area contributed by atoms with E-state index in [-0.39, 0.29) is 28.4 Å². The summed E-state index contributed by atoms with van der Waals surface area (Å²) in [5, 5.41) is 9.77. The number of sulfonamides is 2. The molecule has 0 unspecified atom stereocenters. The Balaban J connectivity index is 1.58. The second-order valence-electron chi connectivity index (χ2n) is 8.10. The van der Waals surface area contributed by atoms with Gasteiger partial charge in [-0.15, -0.1) is 0 Å². The van der Waals surface area contributed by atoms with Gasteiger partial charge in [-0.3, -0.25) is 4.72 Å². The zero-order valence-corrected chi connectivity index (χ0v) is 19.0. The first-order valence-electron chi connectivity index (χ1n) is 10.4. The molecule has 2 aliphatic rings. The third-order valence-corrected chi connectivity index (χ3v) is 9.14. The Morgan fingerprint density at radius 2 is 1.84 bits per heavy atom. The third kappa shape index (κ3) is 4.88. The number of nitrogen functional groups attached to an aromatic ring is 1. The number of phenolic OH excluding ortho intramolecular Hbond substituents is 1. The van der Waals surface area contributed by atoms with Crippen LogP contribution in [0.2, 0.25) is 0 Å². The van der Waals surface area contributed by atoms with Crippen molar-refractivity contribution in [2.24, 2.45) is 0 Å². The van der Waals surface area contributed by atoms with Gasteiger partial charge in [-0.2, -0.15) is 0 Å². The maximum Gasteiger partial charge on any atom is 0.330 e. The van der Waals surface area contributed by atoms with Crippen LogP contribution in [0.4, 0.5) is 11.4 Å². The molecule has 0 bridgehead atoms. The Morgan fingerprint density at radius 3 is 2.59 bits per heavy atom. The van der Waals surface area contributed by atoms with Gasteiger partial charge in [0.25, 0.3) is 10.0 Å². The number of aromatic hydroxyl groups is 1. The van der Waals surface area contributed by atoms with E-state index in [1.54, 1.807) is 0 Å². The zero-order valence-electron chi connectivity index (χ0n) is 17.4. The number of nitrogens with one attached hydrogen (secondary N) is 2. The van der Waals surface area contributed by atoms with E-state index in [1.807, 2.05) is 0 Å². The van der Waals surface area contributed by atoms with Crippen LogP contribution in [0.1, 0.15) is 43.2 Å². The Kier molecular flexibility index (Phi) is 6.39. The van der Waals surface area contributed by atoms with E-state index in [2.05, 4.69) is 9.44 Å². The van der Waals surface area contributed by atoms with E-state index >= 15 is 0 Å². The summed E-state index contributed by atoms with van der Waals surface area (Å²) >= 11 is 0. The number of nitrogens with two attached hydrogens (primary N) is 1. The van der Waals surface area contributed by atoms with Crippen LogP contribution in [0.15, 0.2) is 35.2 Å². The van der Waals surface area contributed by atoms with E-state index in [0.29, 0.717) is 30.6 Å². The van der Waals surface area contributed by atoms with E-state index in [0.717, 1.165) is 24.8 Å². The molecule has 0 saturated heterocycles. The highest BCUT2D eigenvalue weighted by atomic mass is 32.2. The molecule has 0 spiro atoms. The van der Waals surface area contributed by atoms with Crippen LogP contribution in [-0.2, 0) is 37.9 Å². The van der Waals surface area contributed by atoms with Gasteiger partial charge in [0.1, 0.15) is 5.75 Å². The van der Waals surface area contributed by atoms with Crippen molar-refractivity contribution in [2.75, 3.05) is 10.5 Å². The van der Waals surface area contributed by atoms with Crippen LogP contribution in [0.5, 0.6) is 5.75 Å². The summed E-state index contributed by atoms with van der Waals surface area (Å²) < 4.78 is 61.8.